The number of carbonyl (C=O) groups excluding carboxylic acids is 2. The van der Waals surface area contributed by atoms with Crippen molar-refractivity contribution in [2.45, 2.75) is 26.4 Å². The molecule has 0 aliphatic heterocycles. The second kappa shape index (κ2) is 8.92. The highest BCUT2D eigenvalue weighted by atomic mass is 16.5. The number of carbonyl (C=O) groups is 2. The first kappa shape index (κ1) is 16.0. The first-order valence-corrected chi connectivity index (χ1v) is 6.57. The molecule has 0 saturated heterocycles. The predicted octanol–water partition coefficient (Wildman–Crippen LogP) is 1.93. The van der Waals surface area contributed by atoms with E-state index in [-0.39, 0.29) is 25.5 Å². The summed E-state index contributed by atoms with van der Waals surface area (Å²) in [5, 5.41) is 12.3. The van der Waals surface area contributed by atoms with Crippen LogP contribution >= 0.6 is 0 Å². The lowest BCUT2D eigenvalue weighted by atomic mass is 10.2. The van der Waals surface area contributed by atoms with E-state index in [1.54, 1.807) is 6.92 Å². The van der Waals surface area contributed by atoms with Crippen molar-refractivity contribution in [1.29, 1.82) is 0 Å². The van der Waals surface area contributed by atoms with Gasteiger partial charge in [0, 0.05) is 19.5 Å². The Hall–Kier alpha value is -2.08. The largest absolute Gasteiger partial charge is 0.445 e. The van der Waals surface area contributed by atoms with Crippen molar-refractivity contribution in [3.05, 3.63) is 35.9 Å². The molecule has 0 saturated carbocycles. The molecule has 0 aromatic heterocycles. The van der Waals surface area contributed by atoms with Crippen molar-refractivity contribution < 1.29 is 19.5 Å². The number of rotatable bonds is 7. The van der Waals surface area contributed by atoms with Crippen LogP contribution in [0.15, 0.2) is 30.3 Å². The van der Waals surface area contributed by atoms with E-state index in [4.69, 9.17) is 9.94 Å². The topological polar surface area (TPSA) is 78.9 Å². The Labute approximate surface area is 118 Å². The molecule has 2 amide bonds. The number of amides is 2. The fourth-order valence-electron chi connectivity index (χ4n) is 1.51. The Balaban J connectivity index is 2.10. The van der Waals surface area contributed by atoms with Gasteiger partial charge in [0.25, 0.3) is 0 Å². The van der Waals surface area contributed by atoms with Gasteiger partial charge in [0.2, 0.25) is 5.91 Å². The fraction of sp³-hybridized carbons (Fsp3) is 0.429. The van der Waals surface area contributed by atoms with Crippen LogP contribution in [0.4, 0.5) is 4.79 Å². The molecule has 0 aliphatic carbocycles. The summed E-state index contributed by atoms with van der Waals surface area (Å²) < 4.78 is 5.01. The number of hydrogen-bond donors (Lipinski definition) is 2. The quantitative estimate of drug-likeness (QED) is 0.454. The maximum atomic E-state index is 11.4. The number of hydrogen-bond acceptors (Lipinski definition) is 4. The zero-order valence-electron chi connectivity index (χ0n) is 11.5. The van der Waals surface area contributed by atoms with Gasteiger partial charge in [-0.15, -0.1) is 0 Å². The van der Waals surface area contributed by atoms with Crippen LogP contribution in [0.2, 0.25) is 0 Å². The van der Waals surface area contributed by atoms with Crippen molar-refractivity contribution in [3.8, 4) is 0 Å². The van der Waals surface area contributed by atoms with Crippen molar-refractivity contribution in [2.24, 2.45) is 0 Å². The van der Waals surface area contributed by atoms with E-state index in [2.05, 4.69) is 5.32 Å². The average Bonchev–Trinajstić information content (AvgIpc) is 2.49. The highest BCUT2D eigenvalue weighted by Crippen LogP contribution is 2.00. The van der Waals surface area contributed by atoms with Gasteiger partial charge < -0.3 is 10.1 Å². The Bertz CT molecular complexity index is 422. The summed E-state index contributed by atoms with van der Waals surface area (Å²) >= 11 is 0. The van der Waals surface area contributed by atoms with E-state index in [1.165, 1.54) is 0 Å². The second-order valence-corrected chi connectivity index (χ2v) is 4.20. The van der Waals surface area contributed by atoms with Crippen LogP contribution in [0.25, 0.3) is 0 Å². The number of nitrogens with zero attached hydrogens (tertiary/aromatic N) is 1. The van der Waals surface area contributed by atoms with Crippen LogP contribution in [0.5, 0.6) is 0 Å². The molecule has 0 fully saturated rings. The van der Waals surface area contributed by atoms with E-state index < -0.39 is 6.09 Å². The molecule has 110 valence electrons. The molecule has 0 spiro atoms. The van der Waals surface area contributed by atoms with Crippen LogP contribution in [0, 0.1) is 0 Å². The van der Waals surface area contributed by atoms with Gasteiger partial charge in [0.1, 0.15) is 6.61 Å². The minimum atomic E-state index is -0.516. The summed E-state index contributed by atoms with van der Waals surface area (Å²) in [5.74, 6) is -0.355. The number of benzene rings is 1. The highest BCUT2D eigenvalue weighted by molar-refractivity contribution is 5.74. The number of nitrogens with one attached hydrogen (secondary N) is 1. The Morgan fingerprint density at radius 3 is 2.65 bits per heavy atom. The summed E-state index contributed by atoms with van der Waals surface area (Å²) in [6, 6.07) is 9.37. The van der Waals surface area contributed by atoms with E-state index in [0.29, 0.717) is 18.0 Å². The summed E-state index contributed by atoms with van der Waals surface area (Å²) in [6.07, 6.45) is 0.122. The van der Waals surface area contributed by atoms with Crippen LogP contribution < -0.4 is 5.32 Å². The molecule has 0 bridgehead atoms. The van der Waals surface area contributed by atoms with Gasteiger partial charge in [-0.05, 0) is 18.9 Å². The third-order valence-corrected chi connectivity index (χ3v) is 2.64. The van der Waals surface area contributed by atoms with Crippen molar-refractivity contribution in [1.82, 2.24) is 10.4 Å². The first-order valence-electron chi connectivity index (χ1n) is 6.57. The molecule has 0 unspecified atom stereocenters. The van der Waals surface area contributed by atoms with Crippen molar-refractivity contribution in [3.63, 3.8) is 0 Å². The lowest BCUT2D eigenvalue weighted by Gasteiger charge is -2.12. The molecule has 1 rings (SSSR count). The monoisotopic (exact) mass is 280 g/mol. The Morgan fingerprint density at radius 2 is 2.00 bits per heavy atom. The molecule has 6 nitrogen and oxygen atoms in total. The number of hydroxylamine groups is 2. The molecule has 0 atom stereocenters. The Kier molecular flexibility index (Phi) is 7.13. The number of ether oxygens (including phenoxy) is 1. The molecule has 0 radical (unpaired) electrons. The van der Waals surface area contributed by atoms with Gasteiger partial charge >= 0.3 is 6.09 Å². The lowest BCUT2D eigenvalue weighted by molar-refractivity contribution is -0.164. The standard InChI is InChI=1S/C14H20N2O4/c1-2-16(19)13(17)9-6-10-15-14(18)20-11-12-7-4-3-5-8-12/h3-5,7-8,19H,2,6,9-11H2,1H3,(H,15,18). The molecular formula is C14H20N2O4. The molecule has 1 aromatic rings. The summed E-state index contributed by atoms with van der Waals surface area (Å²) in [5.41, 5.74) is 0.914. The van der Waals surface area contributed by atoms with E-state index in [9.17, 15) is 9.59 Å². The van der Waals surface area contributed by atoms with Gasteiger partial charge in [-0.3, -0.25) is 10.0 Å². The van der Waals surface area contributed by atoms with E-state index >= 15 is 0 Å². The van der Waals surface area contributed by atoms with Gasteiger partial charge in [-0.25, -0.2) is 9.86 Å². The van der Waals surface area contributed by atoms with Gasteiger partial charge in [-0.1, -0.05) is 30.3 Å². The maximum absolute atomic E-state index is 11.4. The van der Waals surface area contributed by atoms with E-state index in [1.807, 2.05) is 30.3 Å². The third kappa shape index (κ3) is 6.19. The lowest BCUT2D eigenvalue weighted by Crippen LogP contribution is -2.29. The molecule has 20 heavy (non-hydrogen) atoms. The van der Waals surface area contributed by atoms with Gasteiger partial charge in [0.15, 0.2) is 0 Å². The molecule has 2 N–H and O–H groups in total. The maximum Gasteiger partial charge on any atom is 0.407 e. The Morgan fingerprint density at radius 1 is 1.30 bits per heavy atom. The van der Waals surface area contributed by atoms with Crippen molar-refractivity contribution in [2.75, 3.05) is 13.1 Å². The molecule has 1 aromatic carbocycles. The van der Waals surface area contributed by atoms with Crippen molar-refractivity contribution >= 4 is 12.0 Å². The van der Waals surface area contributed by atoms with Gasteiger partial charge in [-0.2, -0.15) is 0 Å². The zero-order valence-corrected chi connectivity index (χ0v) is 11.5. The normalized spacial score (nSPS) is 9.90. The second-order valence-electron chi connectivity index (χ2n) is 4.20. The van der Waals surface area contributed by atoms with Gasteiger partial charge in [0.05, 0.1) is 0 Å². The third-order valence-electron chi connectivity index (χ3n) is 2.64. The van der Waals surface area contributed by atoms with E-state index in [0.717, 1.165) is 5.56 Å². The predicted molar refractivity (Wildman–Crippen MR) is 73.0 cm³/mol. The SMILES string of the molecule is CCN(O)C(=O)CCCNC(=O)OCc1ccccc1. The summed E-state index contributed by atoms with van der Waals surface area (Å²) in [4.78, 5) is 22.6. The summed E-state index contributed by atoms with van der Waals surface area (Å²) in [6.45, 7) is 2.48. The van der Waals surface area contributed by atoms with Crippen LogP contribution in [0.1, 0.15) is 25.3 Å². The average molecular weight is 280 g/mol. The molecule has 6 heteroatoms. The minimum Gasteiger partial charge on any atom is -0.445 e. The smallest absolute Gasteiger partial charge is 0.407 e. The number of alkyl carbamates (subject to hydrolysis) is 1. The minimum absolute atomic E-state index is 0.184. The summed E-state index contributed by atoms with van der Waals surface area (Å²) in [7, 11) is 0. The molecule has 0 aliphatic rings. The highest BCUT2D eigenvalue weighted by Gasteiger charge is 2.08. The van der Waals surface area contributed by atoms with Crippen LogP contribution in [-0.2, 0) is 16.1 Å². The zero-order chi connectivity index (χ0) is 14.8. The van der Waals surface area contributed by atoms with Crippen LogP contribution in [0.3, 0.4) is 0 Å². The van der Waals surface area contributed by atoms with Crippen LogP contribution in [-0.4, -0.2) is 35.4 Å². The molecule has 0 heterocycles. The fourth-order valence-corrected chi connectivity index (χ4v) is 1.51. The first-order chi connectivity index (χ1) is 9.63. The molecular weight excluding hydrogens is 260 g/mol.